The zero-order valence-electron chi connectivity index (χ0n) is 13.4. The molecular weight excluding hydrogens is 314 g/mol. The number of nitrogen functional groups attached to an aromatic ring is 1. The number of anilines is 2. The second kappa shape index (κ2) is 6.68. The molecule has 0 spiro atoms. The number of nitrogens with zero attached hydrogens (tertiary/aromatic N) is 3. The van der Waals surface area contributed by atoms with Gasteiger partial charge in [-0.15, -0.1) is 0 Å². The average Bonchev–Trinajstić information content (AvgIpc) is 3.06. The van der Waals surface area contributed by atoms with E-state index in [0.717, 1.165) is 37.2 Å². The van der Waals surface area contributed by atoms with Gasteiger partial charge in [0.05, 0.1) is 6.10 Å². The lowest BCUT2D eigenvalue weighted by Gasteiger charge is -2.26. The van der Waals surface area contributed by atoms with Gasteiger partial charge in [-0.2, -0.15) is 4.98 Å². The highest BCUT2D eigenvalue weighted by atomic mass is 19.2. The first kappa shape index (κ1) is 16.6. The number of halogens is 2. The smallest absolute Gasteiger partial charge is 0.221 e. The highest BCUT2D eigenvalue weighted by molar-refractivity contribution is 5.41. The summed E-state index contributed by atoms with van der Waals surface area (Å²) in [5, 5.41) is 10.5. The molecule has 5 nitrogen and oxygen atoms in total. The van der Waals surface area contributed by atoms with Crippen molar-refractivity contribution in [1.82, 2.24) is 9.97 Å². The van der Waals surface area contributed by atoms with Crippen LogP contribution in [0.25, 0.3) is 0 Å². The highest BCUT2D eigenvalue weighted by Crippen LogP contribution is 2.38. The van der Waals surface area contributed by atoms with E-state index in [1.54, 1.807) is 12.3 Å². The minimum absolute atomic E-state index is 0.0125. The Kier molecular flexibility index (Phi) is 4.62. The predicted octanol–water partition coefficient (Wildman–Crippen LogP) is 2.68. The van der Waals surface area contributed by atoms with Crippen molar-refractivity contribution in [3.8, 4) is 0 Å². The summed E-state index contributed by atoms with van der Waals surface area (Å²) in [6, 6.07) is 5.54. The lowest BCUT2D eigenvalue weighted by Crippen LogP contribution is -2.30. The van der Waals surface area contributed by atoms with Crippen LogP contribution in [0, 0.1) is 17.6 Å². The van der Waals surface area contributed by atoms with Gasteiger partial charge in [-0.05, 0) is 48.9 Å². The molecule has 1 aromatic carbocycles. The number of aliphatic hydroxyl groups excluding tert-OH is 1. The van der Waals surface area contributed by atoms with Gasteiger partial charge in [0.2, 0.25) is 5.95 Å². The molecule has 3 N–H and O–H groups in total. The fourth-order valence-corrected chi connectivity index (χ4v) is 3.35. The minimum atomic E-state index is -0.935. The first-order chi connectivity index (χ1) is 11.5. The van der Waals surface area contributed by atoms with Crippen molar-refractivity contribution in [2.75, 3.05) is 17.7 Å². The van der Waals surface area contributed by atoms with Crippen molar-refractivity contribution in [3.63, 3.8) is 0 Å². The molecule has 1 saturated carbocycles. The molecule has 0 aliphatic heterocycles. The Morgan fingerprint density at radius 3 is 2.75 bits per heavy atom. The lowest BCUT2D eigenvalue weighted by molar-refractivity contribution is 0.110. The first-order valence-corrected chi connectivity index (χ1v) is 7.90. The van der Waals surface area contributed by atoms with Gasteiger partial charge in [0.25, 0.3) is 0 Å². The van der Waals surface area contributed by atoms with E-state index in [1.807, 2.05) is 11.9 Å². The Balaban J connectivity index is 1.69. The van der Waals surface area contributed by atoms with Gasteiger partial charge in [-0.3, -0.25) is 0 Å². The molecule has 1 aliphatic carbocycles. The molecule has 24 heavy (non-hydrogen) atoms. The number of aromatic nitrogens is 2. The third-order valence-corrected chi connectivity index (χ3v) is 4.75. The zero-order valence-corrected chi connectivity index (χ0v) is 13.4. The van der Waals surface area contributed by atoms with Crippen molar-refractivity contribution in [2.45, 2.75) is 31.4 Å². The second-order valence-electron chi connectivity index (χ2n) is 6.23. The maximum Gasteiger partial charge on any atom is 0.221 e. The van der Waals surface area contributed by atoms with Crippen molar-refractivity contribution < 1.29 is 13.9 Å². The molecule has 3 rings (SSSR count). The largest absolute Gasteiger partial charge is 0.388 e. The molecule has 0 radical (unpaired) electrons. The molecule has 1 aliphatic rings. The van der Waals surface area contributed by atoms with Gasteiger partial charge in [0.1, 0.15) is 5.82 Å². The van der Waals surface area contributed by atoms with Gasteiger partial charge < -0.3 is 15.7 Å². The fraction of sp³-hybridized carbons (Fsp3) is 0.412. The topological polar surface area (TPSA) is 75.3 Å². The molecule has 3 atom stereocenters. The number of nitrogens with two attached hydrogens (primary N) is 1. The summed E-state index contributed by atoms with van der Waals surface area (Å²) in [4.78, 5) is 10.1. The summed E-state index contributed by atoms with van der Waals surface area (Å²) in [6.07, 6.45) is 3.22. The molecule has 2 unspecified atom stereocenters. The molecule has 1 heterocycles. The minimum Gasteiger partial charge on any atom is -0.388 e. The summed E-state index contributed by atoms with van der Waals surface area (Å²) in [6.45, 7) is 0. The normalized spacial score (nSPS) is 21.7. The SMILES string of the molecule is CN(c1ccnc(N)n1)C1CC[C@@H](C(O)c2ccc(F)c(F)c2)C1. The van der Waals surface area contributed by atoms with Crippen LogP contribution in [0.15, 0.2) is 30.5 Å². The van der Waals surface area contributed by atoms with Crippen LogP contribution in [0.4, 0.5) is 20.5 Å². The standard InChI is InChI=1S/C17H20F2N4O/c1-23(15-6-7-21-17(20)22-15)12-4-2-10(8-12)16(24)11-3-5-13(18)14(19)9-11/h3,5-7,9-10,12,16,24H,2,4,8H2,1H3,(H2,20,21,22)/t10-,12?,16?/m1/s1. The van der Waals surface area contributed by atoms with Crippen LogP contribution >= 0.6 is 0 Å². The molecule has 0 amide bonds. The third kappa shape index (κ3) is 3.31. The van der Waals surface area contributed by atoms with E-state index in [4.69, 9.17) is 5.73 Å². The summed E-state index contributed by atoms with van der Waals surface area (Å²) >= 11 is 0. The van der Waals surface area contributed by atoms with Crippen LogP contribution < -0.4 is 10.6 Å². The first-order valence-electron chi connectivity index (χ1n) is 7.90. The summed E-state index contributed by atoms with van der Waals surface area (Å²) < 4.78 is 26.4. The Bertz CT molecular complexity index is 727. The Labute approximate surface area is 139 Å². The number of rotatable bonds is 4. The molecule has 128 valence electrons. The van der Waals surface area contributed by atoms with Crippen LogP contribution in [0.2, 0.25) is 0 Å². The molecule has 2 aromatic rings. The maximum atomic E-state index is 13.4. The van der Waals surface area contributed by atoms with Crippen LogP contribution in [0.5, 0.6) is 0 Å². The predicted molar refractivity (Wildman–Crippen MR) is 87.3 cm³/mol. The van der Waals surface area contributed by atoms with Crippen molar-refractivity contribution in [1.29, 1.82) is 0 Å². The van der Waals surface area contributed by atoms with E-state index in [0.29, 0.717) is 5.56 Å². The van der Waals surface area contributed by atoms with E-state index in [1.165, 1.54) is 6.07 Å². The summed E-state index contributed by atoms with van der Waals surface area (Å²) in [5.74, 6) is -0.904. The Morgan fingerprint density at radius 2 is 2.04 bits per heavy atom. The molecule has 0 bridgehead atoms. The van der Waals surface area contributed by atoms with E-state index in [2.05, 4.69) is 9.97 Å². The molecule has 1 aromatic heterocycles. The maximum absolute atomic E-state index is 13.4. The summed E-state index contributed by atoms with van der Waals surface area (Å²) in [5.41, 5.74) is 6.03. The van der Waals surface area contributed by atoms with Gasteiger partial charge in [-0.1, -0.05) is 6.07 Å². The third-order valence-electron chi connectivity index (χ3n) is 4.75. The van der Waals surface area contributed by atoms with Gasteiger partial charge >= 0.3 is 0 Å². The molecule has 0 saturated heterocycles. The quantitative estimate of drug-likeness (QED) is 0.899. The number of hydrogen-bond donors (Lipinski definition) is 2. The summed E-state index contributed by atoms with van der Waals surface area (Å²) in [7, 11) is 1.93. The molecule has 7 heteroatoms. The van der Waals surface area contributed by atoms with Gasteiger partial charge in [-0.25, -0.2) is 13.8 Å². The highest BCUT2D eigenvalue weighted by Gasteiger charge is 2.33. The van der Waals surface area contributed by atoms with Crippen LogP contribution in [-0.4, -0.2) is 28.2 Å². The van der Waals surface area contributed by atoms with Crippen molar-refractivity contribution in [3.05, 3.63) is 47.7 Å². The number of aliphatic hydroxyl groups is 1. The second-order valence-corrected chi connectivity index (χ2v) is 6.23. The molecular formula is C17H20F2N4O. The van der Waals surface area contributed by atoms with E-state index >= 15 is 0 Å². The van der Waals surface area contributed by atoms with Crippen molar-refractivity contribution >= 4 is 11.8 Å². The Hall–Kier alpha value is -2.28. The Morgan fingerprint density at radius 1 is 1.25 bits per heavy atom. The number of benzene rings is 1. The monoisotopic (exact) mass is 334 g/mol. The van der Waals surface area contributed by atoms with Gasteiger partial charge in [0, 0.05) is 19.3 Å². The van der Waals surface area contributed by atoms with Crippen LogP contribution in [-0.2, 0) is 0 Å². The average molecular weight is 334 g/mol. The lowest BCUT2D eigenvalue weighted by atomic mass is 9.94. The van der Waals surface area contributed by atoms with Crippen LogP contribution in [0.1, 0.15) is 30.9 Å². The van der Waals surface area contributed by atoms with Gasteiger partial charge in [0.15, 0.2) is 11.6 Å². The number of hydrogen-bond acceptors (Lipinski definition) is 5. The zero-order chi connectivity index (χ0) is 17.3. The van der Waals surface area contributed by atoms with E-state index in [9.17, 15) is 13.9 Å². The van der Waals surface area contributed by atoms with Crippen molar-refractivity contribution in [2.24, 2.45) is 5.92 Å². The molecule has 1 fully saturated rings. The fourth-order valence-electron chi connectivity index (χ4n) is 3.35. The van der Waals surface area contributed by atoms with E-state index in [-0.39, 0.29) is 17.9 Å². The van der Waals surface area contributed by atoms with E-state index < -0.39 is 17.7 Å². The van der Waals surface area contributed by atoms with Crippen LogP contribution in [0.3, 0.4) is 0 Å².